The van der Waals surface area contributed by atoms with Crippen molar-refractivity contribution in [3.05, 3.63) is 70.2 Å². The Kier molecular flexibility index (Phi) is 8.63. The van der Waals surface area contributed by atoms with Crippen molar-refractivity contribution in [1.29, 1.82) is 0 Å². The number of aliphatic carboxylic acids is 1. The lowest BCUT2D eigenvalue weighted by molar-refractivity contribution is -0.142. The predicted molar refractivity (Wildman–Crippen MR) is 108 cm³/mol. The molecule has 0 aliphatic carbocycles. The molecule has 0 heterocycles. The van der Waals surface area contributed by atoms with Crippen LogP contribution < -0.4 is 10.6 Å². The second-order valence-corrected chi connectivity index (χ2v) is 6.99. The zero-order chi connectivity index (χ0) is 21.2. The quantitative estimate of drug-likeness (QED) is 0.448. The van der Waals surface area contributed by atoms with Crippen LogP contribution in [0.1, 0.15) is 11.1 Å². The van der Waals surface area contributed by atoms with Crippen molar-refractivity contribution in [3.63, 3.8) is 0 Å². The van der Waals surface area contributed by atoms with E-state index >= 15 is 0 Å². The average molecular weight is 465 g/mol. The Morgan fingerprint density at radius 1 is 0.966 bits per heavy atom. The first-order valence-electron chi connectivity index (χ1n) is 8.75. The molecule has 2 aromatic rings. The van der Waals surface area contributed by atoms with Crippen LogP contribution in [0.3, 0.4) is 0 Å². The maximum atomic E-state index is 12.4. The SMILES string of the molecule is O=C(N[C@@H](CO)C(=O)N[C@@H](Cc1ccccc1Br)C(=O)O)OCc1ccccc1. The molecule has 154 valence electrons. The highest BCUT2D eigenvalue weighted by atomic mass is 79.9. The van der Waals surface area contributed by atoms with Crippen molar-refractivity contribution in [1.82, 2.24) is 10.6 Å². The smallest absolute Gasteiger partial charge is 0.408 e. The molecule has 2 rings (SSSR count). The molecule has 0 aliphatic rings. The number of rotatable bonds is 9. The van der Waals surface area contributed by atoms with Crippen molar-refractivity contribution in [2.45, 2.75) is 25.1 Å². The summed E-state index contributed by atoms with van der Waals surface area (Å²) in [5.41, 5.74) is 1.45. The van der Waals surface area contributed by atoms with Gasteiger partial charge in [-0.1, -0.05) is 64.5 Å². The van der Waals surface area contributed by atoms with Crippen LogP contribution in [0, 0.1) is 0 Å². The molecule has 4 N–H and O–H groups in total. The number of ether oxygens (including phenoxy) is 1. The fourth-order valence-electron chi connectivity index (χ4n) is 2.46. The normalized spacial score (nSPS) is 12.5. The minimum atomic E-state index is -1.35. The van der Waals surface area contributed by atoms with Gasteiger partial charge in [-0.15, -0.1) is 0 Å². The molecule has 0 aliphatic heterocycles. The maximum absolute atomic E-state index is 12.4. The minimum absolute atomic E-state index is 0.00771. The van der Waals surface area contributed by atoms with Gasteiger partial charge in [-0.2, -0.15) is 0 Å². The van der Waals surface area contributed by atoms with Gasteiger partial charge in [-0.05, 0) is 17.2 Å². The lowest BCUT2D eigenvalue weighted by Crippen LogP contribution is -2.53. The standard InChI is InChI=1S/C20H21BrN2O6/c21-15-9-5-4-8-14(15)10-16(19(26)27)22-18(25)17(11-24)23-20(28)29-12-13-6-2-1-3-7-13/h1-9,16-17,24H,10-12H2,(H,22,25)(H,23,28)(H,26,27)/t16-,17-/m0/s1. The molecule has 29 heavy (non-hydrogen) atoms. The summed E-state index contributed by atoms with van der Waals surface area (Å²) < 4.78 is 5.72. The molecule has 2 aromatic carbocycles. The number of aliphatic hydroxyl groups excluding tert-OH is 1. The number of carbonyl (C=O) groups is 3. The summed E-state index contributed by atoms with van der Waals surface area (Å²) >= 11 is 3.33. The van der Waals surface area contributed by atoms with Gasteiger partial charge in [0.05, 0.1) is 6.61 Å². The fourth-order valence-corrected chi connectivity index (χ4v) is 2.90. The van der Waals surface area contributed by atoms with E-state index in [2.05, 4.69) is 26.6 Å². The van der Waals surface area contributed by atoms with E-state index in [0.29, 0.717) is 10.0 Å². The van der Waals surface area contributed by atoms with Crippen molar-refractivity contribution in [2.75, 3.05) is 6.61 Å². The van der Waals surface area contributed by atoms with Gasteiger partial charge in [-0.25, -0.2) is 9.59 Å². The van der Waals surface area contributed by atoms with Crippen molar-refractivity contribution < 1.29 is 29.3 Å². The molecule has 0 unspecified atom stereocenters. The highest BCUT2D eigenvalue weighted by molar-refractivity contribution is 9.10. The van der Waals surface area contributed by atoms with Crippen LogP contribution in [0.15, 0.2) is 59.1 Å². The largest absolute Gasteiger partial charge is 0.480 e. The summed E-state index contributed by atoms with van der Waals surface area (Å²) in [7, 11) is 0. The van der Waals surface area contributed by atoms with E-state index in [9.17, 15) is 24.6 Å². The molecule has 8 nitrogen and oxygen atoms in total. The van der Waals surface area contributed by atoms with E-state index < -0.39 is 36.7 Å². The van der Waals surface area contributed by atoms with Gasteiger partial charge in [0.1, 0.15) is 18.7 Å². The van der Waals surface area contributed by atoms with Gasteiger partial charge in [0.2, 0.25) is 5.91 Å². The number of amides is 2. The molecule has 0 radical (unpaired) electrons. The van der Waals surface area contributed by atoms with Crippen LogP contribution in [0.4, 0.5) is 4.79 Å². The molecule has 0 saturated carbocycles. The molecule has 0 fully saturated rings. The zero-order valence-corrected chi connectivity index (χ0v) is 17.0. The lowest BCUT2D eigenvalue weighted by atomic mass is 10.1. The molecule has 0 spiro atoms. The Balaban J connectivity index is 1.93. The van der Waals surface area contributed by atoms with Crippen LogP contribution in [0.2, 0.25) is 0 Å². The number of halogens is 1. The molecule has 0 saturated heterocycles. The second-order valence-electron chi connectivity index (χ2n) is 6.14. The molecular formula is C20H21BrN2O6. The number of alkyl carbamates (subject to hydrolysis) is 1. The van der Waals surface area contributed by atoms with E-state index in [1.54, 1.807) is 48.5 Å². The summed E-state index contributed by atoms with van der Waals surface area (Å²) in [5, 5.41) is 23.4. The van der Waals surface area contributed by atoms with Gasteiger partial charge in [0, 0.05) is 10.9 Å². The Hall–Kier alpha value is -2.91. The van der Waals surface area contributed by atoms with E-state index in [1.807, 2.05) is 6.07 Å². The van der Waals surface area contributed by atoms with E-state index in [1.165, 1.54) is 0 Å². The third-order valence-corrected chi connectivity index (χ3v) is 4.77. The molecule has 0 aromatic heterocycles. The molecule has 0 bridgehead atoms. The summed E-state index contributed by atoms with van der Waals surface area (Å²) in [6.45, 7) is -0.722. The van der Waals surface area contributed by atoms with Crippen LogP contribution in [-0.4, -0.2) is 46.9 Å². The summed E-state index contributed by atoms with van der Waals surface area (Å²) in [6.07, 6.45) is -0.875. The molecule has 2 atom stereocenters. The molecule has 9 heteroatoms. The second kappa shape index (κ2) is 11.2. The van der Waals surface area contributed by atoms with Crippen molar-refractivity contribution in [2.24, 2.45) is 0 Å². The third-order valence-electron chi connectivity index (χ3n) is 4.00. The summed E-state index contributed by atoms with van der Waals surface area (Å²) in [4.78, 5) is 35.8. The minimum Gasteiger partial charge on any atom is -0.480 e. The van der Waals surface area contributed by atoms with Crippen molar-refractivity contribution >= 4 is 33.9 Å². The van der Waals surface area contributed by atoms with Gasteiger partial charge >= 0.3 is 12.1 Å². The third kappa shape index (κ3) is 7.20. The van der Waals surface area contributed by atoms with Gasteiger partial charge in [0.25, 0.3) is 0 Å². The first-order valence-corrected chi connectivity index (χ1v) is 9.54. The molecular weight excluding hydrogens is 444 g/mol. The van der Waals surface area contributed by atoms with Crippen LogP contribution >= 0.6 is 15.9 Å². The predicted octanol–water partition coefficient (Wildman–Crippen LogP) is 1.85. The summed E-state index contributed by atoms with van der Waals surface area (Å²) in [5.74, 6) is -2.07. The number of aliphatic hydroxyl groups is 1. The number of nitrogens with one attached hydrogen (secondary N) is 2. The number of carbonyl (C=O) groups excluding carboxylic acids is 2. The Labute approximate surface area is 176 Å². The Bertz CT molecular complexity index is 846. The summed E-state index contributed by atoms with van der Waals surface area (Å²) in [6, 6.07) is 13.4. The average Bonchev–Trinajstić information content (AvgIpc) is 2.72. The number of hydrogen-bond donors (Lipinski definition) is 4. The van der Waals surface area contributed by atoms with Crippen LogP contribution in [0.5, 0.6) is 0 Å². The monoisotopic (exact) mass is 464 g/mol. The van der Waals surface area contributed by atoms with E-state index in [0.717, 1.165) is 5.56 Å². The van der Waals surface area contributed by atoms with Gasteiger partial charge < -0.3 is 25.6 Å². The first kappa shape index (κ1) is 22.4. The van der Waals surface area contributed by atoms with E-state index in [4.69, 9.17) is 4.74 Å². The number of carboxylic acid groups (broad SMARTS) is 1. The topological polar surface area (TPSA) is 125 Å². The Morgan fingerprint density at radius 2 is 1.62 bits per heavy atom. The Morgan fingerprint density at radius 3 is 2.24 bits per heavy atom. The van der Waals surface area contributed by atoms with Crippen LogP contribution in [0.25, 0.3) is 0 Å². The van der Waals surface area contributed by atoms with Crippen LogP contribution in [-0.2, 0) is 27.4 Å². The van der Waals surface area contributed by atoms with Crippen molar-refractivity contribution in [3.8, 4) is 0 Å². The lowest BCUT2D eigenvalue weighted by Gasteiger charge is -2.20. The first-order chi connectivity index (χ1) is 13.9. The maximum Gasteiger partial charge on any atom is 0.408 e. The highest BCUT2D eigenvalue weighted by Crippen LogP contribution is 2.17. The number of carboxylic acids is 1. The van der Waals surface area contributed by atoms with Gasteiger partial charge in [0.15, 0.2) is 0 Å². The van der Waals surface area contributed by atoms with E-state index in [-0.39, 0.29) is 13.0 Å². The number of hydrogen-bond acceptors (Lipinski definition) is 5. The fraction of sp³-hybridized carbons (Fsp3) is 0.250. The molecule has 2 amide bonds. The highest BCUT2D eigenvalue weighted by Gasteiger charge is 2.27. The number of benzene rings is 2. The van der Waals surface area contributed by atoms with Gasteiger partial charge in [-0.3, -0.25) is 4.79 Å². The zero-order valence-electron chi connectivity index (χ0n) is 15.4.